The van der Waals surface area contributed by atoms with Crippen LogP contribution >= 0.6 is 39.1 Å². The second-order valence-corrected chi connectivity index (χ2v) is 4.65. The fraction of sp³-hybridized carbons (Fsp3) is 0.300. The van der Waals surface area contributed by atoms with Crippen LogP contribution in [-0.2, 0) is 5.54 Å². The molecular weight excluding hydrogens is 299 g/mol. The van der Waals surface area contributed by atoms with Crippen LogP contribution in [0.2, 0.25) is 0 Å². The molecule has 0 amide bonds. The van der Waals surface area contributed by atoms with E-state index in [0.29, 0.717) is 0 Å². The molecule has 0 saturated carbocycles. The van der Waals surface area contributed by atoms with Gasteiger partial charge in [-0.25, -0.2) is 0 Å². The summed E-state index contributed by atoms with van der Waals surface area (Å²) in [5, 5.41) is 8.92. The van der Waals surface area contributed by atoms with Gasteiger partial charge in [-0.3, -0.25) is 0 Å². The van der Waals surface area contributed by atoms with E-state index >= 15 is 0 Å². The number of alkyl halides is 2. The lowest BCUT2D eigenvalue weighted by molar-refractivity contribution is 0.646. The maximum Gasteiger partial charge on any atom is 0.126 e. The van der Waals surface area contributed by atoms with Crippen LogP contribution in [0.25, 0.3) is 0 Å². The Balaban J connectivity index is 0.000000583. The average molecular weight is 310 g/mol. The van der Waals surface area contributed by atoms with Crippen molar-refractivity contribution in [3.63, 3.8) is 0 Å². The first-order valence-electron chi connectivity index (χ1n) is 4.06. The van der Waals surface area contributed by atoms with Crippen LogP contribution in [0, 0.1) is 11.3 Å². The first-order valence-corrected chi connectivity index (χ1v) is 5.92. The molecule has 82 valence electrons. The molecule has 0 aliphatic carbocycles. The summed E-state index contributed by atoms with van der Waals surface area (Å²) in [6.07, 6.45) is 0. The zero-order chi connectivity index (χ0) is 11.9. The van der Waals surface area contributed by atoms with Gasteiger partial charge in [0.25, 0.3) is 0 Å². The minimum Gasteiger partial charge on any atom is -0.310 e. The van der Waals surface area contributed by atoms with Gasteiger partial charge in [0.2, 0.25) is 0 Å². The van der Waals surface area contributed by atoms with Gasteiger partial charge >= 0.3 is 0 Å². The molecule has 0 aliphatic rings. The Labute approximate surface area is 108 Å². The molecule has 0 aliphatic heterocycles. The maximum atomic E-state index is 8.73. The number of nitrogens with zero attached hydrogens (tertiary/aromatic N) is 1. The summed E-state index contributed by atoms with van der Waals surface area (Å²) in [7, 11) is 0. The topological polar surface area (TPSA) is 49.8 Å². The number of rotatable bonds is 1. The molecule has 0 heterocycles. The van der Waals surface area contributed by atoms with Gasteiger partial charge in [-0.15, -0.1) is 23.2 Å². The van der Waals surface area contributed by atoms with E-state index in [1.54, 1.807) is 6.92 Å². The Morgan fingerprint density at radius 2 is 1.80 bits per heavy atom. The summed E-state index contributed by atoms with van der Waals surface area (Å²) in [5.41, 5.74) is 5.65. The van der Waals surface area contributed by atoms with Gasteiger partial charge in [-0.2, -0.15) is 5.26 Å². The Morgan fingerprint density at radius 1 is 1.40 bits per heavy atom. The largest absolute Gasteiger partial charge is 0.310 e. The van der Waals surface area contributed by atoms with E-state index in [4.69, 9.17) is 34.2 Å². The summed E-state index contributed by atoms with van der Waals surface area (Å²) in [5.74, 6) is 0. The summed E-state index contributed by atoms with van der Waals surface area (Å²) in [4.78, 5) is 0. The van der Waals surface area contributed by atoms with Gasteiger partial charge in [-0.1, -0.05) is 28.1 Å². The highest BCUT2D eigenvalue weighted by Crippen LogP contribution is 2.19. The van der Waals surface area contributed by atoms with Crippen molar-refractivity contribution in [1.29, 1.82) is 5.26 Å². The van der Waals surface area contributed by atoms with Crippen LogP contribution in [-0.4, -0.2) is 5.34 Å². The highest BCUT2D eigenvalue weighted by molar-refractivity contribution is 9.10. The molecule has 0 radical (unpaired) electrons. The van der Waals surface area contributed by atoms with Crippen LogP contribution in [0.15, 0.2) is 28.7 Å². The van der Waals surface area contributed by atoms with Crippen molar-refractivity contribution < 1.29 is 0 Å². The number of hydrogen-bond acceptors (Lipinski definition) is 2. The van der Waals surface area contributed by atoms with E-state index in [1.807, 2.05) is 30.3 Å². The maximum absolute atomic E-state index is 8.73. The molecule has 15 heavy (non-hydrogen) atoms. The lowest BCUT2D eigenvalue weighted by atomic mass is 9.95. The number of benzene rings is 1. The third-order valence-corrected chi connectivity index (χ3v) is 2.20. The third-order valence-electron chi connectivity index (χ3n) is 1.68. The number of nitriles is 1. The summed E-state index contributed by atoms with van der Waals surface area (Å²) >= 11 is 12.8. The van der Waals surface area contributed by atoms with Crippen LogP contribution in [0.4, 0.5) is 0 Å². The molecule has 0 bridgehead atoms. The molecule has 0 saturated heterocycles. The molecule has 1 aromatic rings. The molecule has 1 unspecified atom stereocenters. The van der Waals surface area contributed by atoms with Gasteiger partial charge in [0.1, 0.15) is 5.54 Å². The van der Waals surface area contributed by atoms with Crippen molar-refractivity contribution in [3.05, 3.63) is 34.3 Å². The molecule has 1 aromatic carbocycles. The van der Waals surface area contributed by atoms with Gasteiger partial charge in [0.05, 0.1) is 11.4 Å². The van der Waals surface area contributed by atoms with E-state index in [1.165, 1.54) is 0 Å². The molecule has 2 nitrogen and oxygen atoms in total. The van der Waals surface area contributed by atoms with Crippen molar-refractivity contribution >= 4 is 39.1 Å². The molecule has 0 aromatic heterocycles. The van der Waals surface area contributed by atoms with Gasteiger partial charge in [0, 0.05) is 4.47 Å². The van der Waals surface area contributed by atoms with Crippen molar-refractivity contribution in [3.8, 4) is 6.07 Å². The SMILES string of the molecule is CC(N)(C#N)c1ccc(Br)cc1.ClCCl. The monoisotopic (exact) mass is 308 g/mol. The van der Waals surface area contributed by atoms with Crippen LogP contribution in [0.5, 0.6) is 0 Å². The molecule has 0 spiro atoms. The van der Waals surface area contributed by atoms with Crippen molar-refractivity contribution in [1.82, 2.24) is 0 Å². The quantitative estimate of drug-likeness (QED) is 0.806. The standard InChI is InChI=1S/C9H9BrN2.CH2Cl2/c1-9(12,6-11)7-2-4-8(10)5-3-7;2-1-3/h2-5H,12H2,1H3;1H2. The van der Waals surface area contributed by atoms with Crippen LogP contribution < -0.4 is 5.73 Å². The predicted molar refractivity (Wildman–Crippen MR) is 67.9 cm³/mol. The first-order chi connectivity index (χ1) is 6.97. The van der Waals surface area contributed by atoms with Crippen LogP contribution in [0.1, 0.15) is 12.5 Å². The number of hydrogen-bond donors (Lipinski definition) is 1. The lowest BCUT2D eigenvalue weighted by Crippen LogP contribution is -2.30. The van der Waals surface area contributed by atoms with E-state index in [2.05, 4.69) is 15.9 Å². The Hall–Kier alpha value is -0.270. The van der Waals surface area contributed by atoms with Crippen LogP contribution in [0.3, 0.4) is 0 Å². The normalized spacial score (nSPS) is 13.1. The summed E-state index contributed by atoms with van der Waals surface area (Å²) in [6.45, 7) is 1.69. The Bertz CT molecular complexity index is 330. The summed E-state index contributed by atoms with van der Waals surface area (Å²) in [6, 6.07) is 9.47. The highest BCUT2D eigenvalue weighted by atomic mass is 79.9. The van der Waals surface area contributed by atoms with Crippen molar-refractivity contribution in [2.24, 2.45) is 5.73 Å². The van der Waals surface area contributed by atoms with Crippen molar-refractivity contribution in [2.75, 3.05) is 5.34 Å². The third kappa shape index (κ3) is 5.39. The molecule has 2 N–H and O–H groups in total. The molecule has 0 fully saturated rings. The van der Waals surface area contributed by atoms with E-state index < -0.39 is 5.54 Å². The van der Waals surface area contributed by atoms with E-state index in [0.717, 1.165) is 10.0 Å². The van der Waals surface area contributed by atoms with Crippen molar-refractivity contribution in [2.45, 2.75) is 12.5 Å². The van der Waals surface area contributed by atoms with Gasteiger partial charge < -0.3 is 5.73 Å². The second-order valence-electron chi connectivity index (χ2n) is 2.92. The van der Waals surface area contributed by atoms with Gasteiger partial charge in [0.15, 0.2) is 0 Å². The molecule has 1 rings (SSSR count). The molecule has 5 heteroatoms. The zero-order valence-electron chi connectivity index (χ0n) is 8.17. The highest BCUT2D eigenvalue weighted by Gasteiger charge is 2.19. The molecular formula is C10H11BrCl2N2. The lowest BCUT2D eigenvalue weighted by Gasteiger charge is -2.15. The zero-order valence-corrected chi connectivity index (χ0v) is 11.3. The Kier molecular flexibility index (Phi) is 6.95. The second kappa shape index (κ2) is 7.08. The minimum absolute atomic E-state index is 0.194. The molecule has 1 atom stereocenters. The first kappa shape index (κ1) is 14.7. The average Bonchev–Trinajstić information content (AvgIpc) is 2.20. The number of halogens is 3. The van der Waals surface area contributed by atoms with E-state index in [-0.39, 0.29) is 5.34 Å². The van der Waals surface area contributed by atoms with Gasteiger partial charge in [-0.05, 0) is 24.6 Å². The Morgan fingerprint density at radius 3 is 2.13 bits per heavy atom. The number of nitrogens with two attached hydrogens (primary N) is 1. The van der Waals surface area contributed by atoms with E-state index in [9.17, 15) is 0 Å². The summed E-state index contributed by atoms with van der Waals surface area (Å²) < 4.78 is 0.986. The fourth-order valence-corrected chi connectivity index (χ4v) is 1.12. The predicted octanol–water partition coefficient (Wildman–Crippen LogP) is 3.57. The smallest absolute Gasteiger partial charge is 0.126 e. The minimum atomic E-state index is -0.888. The fourth-order valence-electron chi connectivity index (χ4n) is 0.861.